The van der Waals surface area contributed by atoms with Crippen LogP contribution in [0.2, 0.25) is 0 Å². The summed E-state index contributed by atoms with van der Waals surface area (Å²) in [6.07, 6.45) is 4.08. The normalized spacial score (nSPS) is 17.2. The molecule has 0 aromatic heterocycles. The van der Waals surface area contributed by atoms with Crippen LogP contribution in [0.4, 0.5) is 0 Å². The minimum absolute atomic E-state index is 0.00204. The van der Waals surface area contributed by atoms with E-state index in [-0.39, 0.29) is 11.7 Å². The molecule has 0 aromatic rings. The Morgan fingerprint density at radius 1 is 1.50 bits per heavy atom. The highest BCUT2D eigenvalue weighted by Gasteiger charge is 2.34. The zero-order chi connectivity index (χ0) is 12.2. The number of hydrogen-bond acceptors (Lipinski definition) is 3. The van der Waals surface area contributed by atoms with Gasteiger partial charge in [-0.05, 0) is 31.6 Å². The Bertz CT molecular complexity index is 281. The Kier molecular flexibility index (Phi) is 4.15. The lowest BCUT2D eigenvalue weighted by Crippen LogP contribution is -2.56. The van der Waals surface area contributed by atoms with Crippen LogP contribution >= 0.6 is 0 Å². The first-order valence-corrected chi connectivity index (χ1v) is 5.87. The van der Waals surface area contributed by atoms with Gasteiger partial charge in [0.2, 0.25) is 5.91 Å². The van der Waals surface area contributed by atoms with E-state index in [1.807, 2.05) is 13.8 Å². The smallest absolute Gasteiger partial charge is 0.221 e. The van der Waals surface area contributed by atoms with E-state index in [0.29, 0.717) is 25.2 Å². The van der Waals surface area contributed by atoms with E-state index in [9.17, 15) is 4.79 Å². The van der Waals surface area contributed by atoms with E-state index in [4.69, 9.17) is 10.9 Å². The van der Waals surface area contributed by atoms with Gasteiger partial charge in [-0.2, -0.15) is 0 Å². The number of nitrogens with one attached hydrogen (secondary N) is 1. The number of amidine groups is 1. The third kappa shape index (κ3) is 2.87. The second-order valence-electron chi connectivity index (χ2n) is 4.47. The number of nitrogens with two attached hydrogens (primary N) is 1. The van der Waals surface area contributed by atoms with Crippen molar-refractivity contribution in [3.63, 3.8) is 0 Å². The van der Waals surface area contributed by atoms with Crippen LogP contribution in [-0.4, -0.2) is 22.5 Å². The van der Waals surface area contributed by atoms with Crippen LogP contribution in [0, 0.1) is 5.92 Å². The van der Waals surface area contributed by atoms with E-state index in [2.05, 4.69) is 10.5 Å². The fourth-order valence-corrected chi connectivity index (χ4v) is 1.85. The standard InChI is InChI=1S/C11H21N3O2/c1-3-11(4-2,10(12)14-16)13-9(15)7-8-5-6-8/h8,16H,3-7H2,1-2H3,(H2,12,14)(H,13,15). The highest BCUT2D eigenvalue weighted by atomic mass is 16.4. The van der Waals surface area contributed by atoms with Crippen LogP contribution in [0.3, 0.4) is 0 Å². The molecule has 0 aliphatic heterocycles. The predicted molar refractivity (Wildman–Crippen MR) is 62.2 cm³/mol. The summed E-state index contributed by atoms with van der Waals surface area (Å²) in [5.41, 5.74) is 4.96. The number of hydrogen-bond donors (Lipinski definition) is 3. The van der Waals surface area contributed by atoms with Gasteiger partial charge in [0, 0.05) is 6.42 Å². The van der Waals surface area contributed by atoms with Crippen molar-refractivity contribution in [1.82, 2.24) is 5.32 Å². The topological polar surface area (TPSA) is 87.7 Å². The molecule has 1 amide bonds. The first-order chi connectivity index (χ1) is 7.57. The van der Waals surface area contributed by atoms with Crippen molar-refractivity contribution in [3.05, 3.63) is 0 Å². The molecule has 1 rings (SSSR count). The second-order valence-corrected chi connectivity index (χ2v) is 4.47. The molecule has 0 spiro atoms. The van der Waals surface area contributed by atoms with Crippen molar-refractivity contribution in [2.45, 2.75) is 51.5 Å². The van der Waals surface area contributed by atoms with Gasteiger partial charge in [-0.1, -0.05) is 19.0 Å². The first-order valence-electron chi connectivity index (χ1n) is 5.87. The molecule has 0 unspecified atom stereocenters. The number of rotatable bonds is 6. The molecule has 0 aromatic carbocycles. The third-order valence-electron chi connectivity index (χ3n) is 3.35. The van der Waals surface area contributed by atoms with Gasteiger partial charge in [-0.3, -0.25) is 4.79 Å². The second kappa shape index (κ2) is 5.18. The summed E-state index contributed by atoms with van der Waals surface area (Å²) in [6.45, 7) is 3.83. The summed E-state index contributed by atoms with van der Waals surface area (Å²) in [5.74, 6) is 0.623. The number of oxime groups is 1. The van der Waals surface area contributed by atoms with Gasteiger partial charge in [-0.25, -0.2) is 0 Å². The maximum absolute atomic E-state index is 11.7. The average molecular weight is 227 g/mol. The van der Waals surface area contributed by atoms with Gasteiger partial charge < -0.3 is 16.3 Å². The minimum Gasteiger partial charge on any atom is -0.409 e. The molecule has 0 atom stereocenters. The zero-order valence-corrected chi connectivity index (χ0v) is 9.99. The molecule has 0 heterocycles. The Labute approximate surface area is 96.1 Å². The summed E-state index contributed by atoms with van der Waals surface area (Å²) in [6, 6.07) is 0. The number of amides is 1. The molecule has 16 heavy (non-hydrogen) atoms. The van der Waals surface area contributed by atoms with Crippen LogP contribution in [0.5, 0.6) is 0 Å². The van der Waals surface area contributed by atoms with Crippen molar-refractivity contribution in [3.8, 4) is 0 Å². The van der Waals surface area contributed by atoms with E-state index in [1.54, 1.807) is 0 Å². The largest absolute Gasteiger partial charge is 0.409 e. The van der Waals surface area contributed by atoms with Crippen LogP contribution in [0.15, 0.2) is 5.16 Å². The number of carbonyl (C=O) groups excluding carboxylic acids is 1. The SMILES string of the molecule is CCC(CC)(NC(=O)CC1CC1)C(N)=NO. The molecule has 1 aliphatic carbocycles. The molecule has 5 heteroatoms. The molecular formula is C11H21N3O2. The lowest BCUT2D eigenvalue weighted by molar-refractivity contribution is -0.122. The molecule has 92 valence electrons. The molecule has 5 nitrogen and oxygen atoms in total. The Hall–Kier alpha value is -1.26. The van der Waals surface area contributed by atoms with E-state index >= 15 is 0 Å². The quantitative estimate of drug-likeness (QED) is 0.276. The van der Waals surface area contributed by atoms with E-state index in [1.165, 1.54) is 0 Å². The van der Waals surface area contributed by atoms with Crippen LogP contribution < -0.4 is 11.1 Å². The van der Waals surface area contributed by atoms with Crippen LogP contribution in [-0.2, 0) is 4.79 Å². The number of nitrogens with zero attached hydrogens (tertiary/aromatic N) is 1. The summed E-state index contributed by atoms with van der Waals surface area (Å²) in [7, 11) is 0. The maximum Gasteiger partial charge on any atom is 0.221 e. The van der Waals surface area contributed by atoms with Gasteiger partial charge in [0.25, 0.3) is 0 Å². The molecular weight excluding hydrogens is 206 g/mol. The van der Waals surface area contributed by atoms with Gasteiger partial charge in [0.1, 0.15) is 5.54 Å². The first kappa shape index (κ1) is 12.8. The summed E-state index contributed by atoms with van der Waals surface area (Å²) >= 11 is 0. The highest BCUT2D eigenvalue weighted by Crippen LogP contribution is 2.32. The molecule has 0 bridgehead atoms. The molecule has 1 aliphatic rings. The number of carbonyl (C=O) groups is 1. The van der Waals surface area contributed by atoms with Crippen molar-refractivity contribution < 1.29 is 10.0 Å². The summed E-state index contributed by atoms with van der Waals surface area (Å²) in [4.78, 5) is 11.7. The fraction of sp³-hybridized carbons (Fsp3) is 0.818. The highest BCUT2D eigenvalue weighted by molar-refractivity contribution is 5.93. The van der Waals surface area contributed by atoms with Crippen molar-refractivity contribution in [2.75, 3.05) is 0 Å². The molecule has 0 radical (unpaired) electrons. The van der Waals surface area contributed by atoms with Gasteiger partial charge in [0.05, 0.1) is 0 Å². The van der Waals surface area contributed by atoms with Gasteiger partial charge in [-0.15, -0.1) is 0 Å². The van der Waals surface area contributed by atoms with E-state index in [0.717, 1.165) is 12.8 Å². The Morgan fingerprint density at radius 3 is 2.44 bits per heavy atom. The van der Waals surface area contributed by atoms with Crippen molar-refractivity contribution in [2.24, 2.45) is 16.8 Å². The lowest BCUT2D eigenvalue weighted by Gasteiger charge is -2.31. The summed E-state index contributed by atoms with van der Waals surface area (Å²) in [5, 5.41) is 14.7. The predicted octanol–water partition coefficient (Wildman–Crippen LogP) is 1.21. The van der Waals surface area contributed by atoms with Crippen LogP contribution in [0.1, 0.15) is 46.0 Å². The maximum atomic E-state index is 11.7. The molecule has 1 saturated carbocycles. The molecule has 4 N–H and O–H groups in total. The molecule has 1 fully saturated rings. The minimum atomic E-state index is -0.694. The van der Waals surface area contributed by atoms with Crippen molar-refractivity contribution >= 4 is 11.7 Å². The Balaban J connectivity index is 2.64. The monoisotopic (exact) mass is 227 g/mol. The summed E-state index contributed by atoms with van der Waals surface area (Å²) < 4.78 is 0. The fourth-order valence-electron chi connectivity index (χ4n) is 1.85. The zero-order valence-electron chi connectivity index (χ0n) is 9.99. The average Bonchev–Trinajstić information content (AvgIpc) is 3.08. The Morgan fingerprint density at radius 2 is 2.06 bits per heavy atom. The lowest BCUT2D eigenvalue weighted by atomic mass is 9.91. The third-order valence-corrected chi connectivity index (χ3v) is 3.35. The van der Waals surface area contributed by atoms with Crippen molar-refractivity contribution in [1.29, 1.82) is 0 Å². The van der Waals surface area contributed by atoms with Gasteiger partial charge >= 0.3 is 0 Å². The van der Waals surface area contributed by atoms with Crippen LogP contribution in [0.25, 0.3) is 0 Å². The van der Waals surface area contributed by atoms with E-state index < -0.39 is 5.54 Å². The van der Waals surface area contributed by atoms with Gasteiger partial charge in [0.15, 0.2) is 5.84 Å². The molecule has 0 saturated heterocycles.